The van der Waals surface area contributed by atoms with Crippen molar-refractivity contribution in [2.24, 2.45) is 0 Å². The van der Waals surface area contributed by atoms with Crippen LogP contribution in [0, 0.1) is 0 Å². The summed E-state index contributed by atoms with van der Waals surface area (Å²) < 4.78 is 18.0. The summed E-state index contributed by atoms with van der Waals surface area (Å²) in [6.45, 7) is 0.464. The van der Waals surface area contributed by atoms with Crippen molar-refractivity contribution in [1.82, 2.24) is 0 Å². The third-order valence-electron chi connectivity index (χ3n) is 5.21. The van der Waals surface area contributed by atoms with Crippen molar-refractivity contribution in [2.75, 3.05) is 6.61 Å². The lowest BCUT2D eigenvalue weighted by Gasteiger charge is -2.17. The van der Waals surface area contributed by atoms with Gasteiger partial charge in [0.2, 0.25) is 0 Å². The quantitative estimate of drug-likeness (QED) is 0.484. The summed E-state index contributed by atoms with van der Waals surface area (Å²) in [6, 6.07) is 17.7. The largest absolute Gasteiger partial charge is 0.462 e. The average molecular weight is 378 g/mol. The van der Waals surface area contributed by atoms with Crippen LogP contribution in [-0.4, -0.2) is 18.9 Å². The number of hydrogen-bond acceptors (Lipinski definition) is 4. The van der Waals surface area contributed by atoms with Gasteiger partial charge in [0.25, 0.3) is 0 Å². The lowest BCUT2D eigenvalue weighted by molar-refractivity contribution is -0.0704. The number of carbonyl (C=O) groups excluding carboxylic acids is 1. The van der Waals surface area contributed by atoms with Crippen molar-refractivity contribution in [1.29, 1.82) is 0 Å². The van der Waals surface area contributed by atoms with Crippen LogP contribution >= 0.6 is 0 Å². The van der Waals surface area contributed by atoms with E-state index in [4.69, 9.17) is 14.2 Å². The van der Waals surface area contributed by atoms with Crippen LogP contribution in [0.25, 0.3) is 0 Å². The topological polar surface area (TPSA) is 44.8 Å². The second-order valence-corrected chi connectivity index (χ2v) is 7.26. The highest BCUT2D eigenvalue weighted by molar-refractivity contribution is 5.89. The maximum Gasteiger partial charge on any atom is 0.338 e. The number of rotatable bonds is 1. The minimum atomic E-state index is -0.271. The first kappa shape index (κ1) is 18.9. The van der Waals surface area contributed by atoms with Crippen LogP contribution in [0.3, 0.4) is 0 Å². The summed E-state index contributed by atoms with van der Waals surface area (Å²) in [5, 5.41) is 0. The van der Waals surface area contributed by atoms with E-state index in [-0.39, 0.29) is 24.5 Å². The van der Waals surface area contributed by atoms with Gasteiger partial charge in [-0.25, -0.2) is 4.79 Å². The van der Waals surface area contributed by atoms with Gasteiger partial charge in [0.05, 0.1) is 12.2 Å². The van der Waals surface area contributed by atoms with Crippen LogP contribution in [0.4, 0.5) is 0 Å². The van der Waals surface area contributed by atoms with Gasteiger partial charge in [-0.15, -0.1) is 0 Å². The van der Waals surface area contributed by atoms with Crippen molar-refractivity contribution < 1.29 is 19.0 Å². The molecule has 2 aromatic rings. The zero-order valence-electron chi connectivity index (χ0n) is 16.0. The minimum absolute atomic E-state index is 0.160. The predicted octanol–water partition coefficient (Wildman–Crippen LogP) is 5.52. The second-order valence-electron chi connectivity index (χ2n) is 7.26. The van der Waals surface area contributed by atoms with Gasteiger partial charge in [-0.1, -0.05) is 54.6 Å². The standard InChI is InChI=1S/C24H26O4/c25-24-20-15-13-19(14-16-20)23-22(18-10-6-5-7-11-18)27-21(28-23)12-8-3-1-2-4-9-17-26-24/h1,3,5-7,10-11,13-16,21-23H,2,4,8-9,12,17H2/b3-1-/t21-,22+,23+/m1/s1. The van der Waals surface area contributed by atoms with Crippen molar-refractivity contribution in [3.8, 4) is 0 Å². The van der Waals surface area contributed by atoms with Crippen LogP contribution in [0.2, 0.25) is 0 Å². The Hall–Kier alpha value is -2.43. The normalized spacial score (nSPS) is 27.1. The van der Waals surface area contributed by atoms with Gasteiger partial charge in [-0.3, -0.25) is 0 Å². The number of esters is 1. The van der Waals surface area contributed by atoms with E-state index in [2.05, 4.69) is 24.3 Å². The zero-order chi connectivity index (χ0) is 19.2. The van der Waals surface area contributed by atoms with E-state index in [1.165, 1.54) is 0 Å². The summed E-state index contributed by atoms with van der Waals surface area (Å²) in [7, 11) is 0. The Balaban J connectivity index is 1.60. The fourth-order valence-electron chi connectivity index (χ4n) is 3.68. The van der Waals surface area contributed by atoms with E-state index in [1.54, 1.807) is 0 Å². The van der Waals surface area contributed by atoms with Gasteiger partial charge < -0.3 is 14.2 Å². The highest BCUT2D eigenvalue weighted by Crippen LogP contribution is 2.43. The van der Waals surface area contributed by atoms with Gasteiger partial charge in [0.15, 0.2) is 6.29 Å². The Bertz CT molecular complexity index is 797. The molecular weight excluding hydrogens is 352 g/mol. The third kappa shape index (κ3) is 4.51. The SMILES string of the molecule is O=C1OCCCC/C=C\CC[C@@H]2O[C@@H](c3ccccc3)[C@@H](O2)c2ccc1cc2. The minimum Gasteiger partial charge on any atom is -0.462 e. The molecule has 3 aliphatic rings. The summed E-state index contributed by atoms with van der Waals surface area (Å²) in [4.78, 5) is 12.2. The molecule has 0 spiro atoms. The van der Waals surface area contributed by atoms with E-state index >= 15 is 0 Å². The lowest BCUT2D eigenvalue weighted by atomic mass is 9.97. The molecule has 3 aliphatic heterocycles. The Labute approximate surface area is 166 Å². The molecule has 0 aromatic heterocycles. The number of ether oxygens (including phenoxy) is 3. The molecule has 0 unspecified atom stereocenters. The molecule has 4 heteroatoms. The van der Waals surface area contributed by atoms with E-state index in [1.807, 2.05) is 42.5 Å². The Kier molecular flexibility index (Phi) is 6.20. The van der Waals surface area contributed by atoms with Crippen molar-refractivity contribution in [3.63, 3.8) is 0 Å². The molecule has 0 radical (unpaired) electrons. The molecule has 0 aliphatic carbocycles. The van der Waals surface area contributed by atoms with Gasteiger partial charge >= 0.3 is 5.97 Å². The summed E-state index contributed by atoms with van der Waals surface area (Å²) in [6.07, 6.45) is 8.43. The molecule has 146 valence electrons. The van der Waals surface area contributed by atoms with E-state index in [0.717, 1.165) is 43.2 Å². The maximum absolute atomic E-state index is 12.2. The van der Waals surface area contributed by atoms with E-state index < -0.39 is 0 Å². The molecule has 2 aromatic carbocycles. The highest BCUT2D eigenvalue weighted by Gasteiger charge is 2.37. The Morgan fingerprint density at radius 2 is 1.43 bits per heavy atom. The van der Waals surface area contributed by atoms with Crippen LogP contribution < -0.4 is 0 Å². The number of carbonyl (C=O) groups is 1. The van der Waals surface area contributed by atoms with Crippen molar-refractivity contribution in [3.05, 3.63) is 83.4 Å². The molecule has 1 saturated heterocycles. The maximum atomic E-state index is 12.2. The molecule has 0 amide bonds. The summed E-state index contributed by atoms with van der Waals surface area (Å²) in [5.74, 6) is -0.271. The molecule has 4 bridgehead atoms. The molecule has 4 nitrogen and oxygen atoms in total. The molecule has 3 heterocycles. The smallest absolute Gasteiger partial charge is 0.338 e. The fraction of sp³-hybridized carbons (Fsp3) is 0.375. The van der Waals surface area contributed by atoms with Crippen LogP contribution in [0.5, 0.6) is 0 Å². The first-order chi connectivity index (χ1) is 13.8. The second kappa shape index (κ2) is 9.18. The monoisotopic (exact) mass is 378 g/mol. The number of hydrogen-bond donors (Lipinski definition) is 0. The average Bonchev–Trinajstić information content (AvgIpc) is 3.17. The van der Waals surface area contributed by atoms with Gasteiger partial charge in [-0.05, 0) is 48.9 Å². The van der Waals surface area contributed by atoms with Crippen molar-refractivity contribution >= 4 is 5.97 Å². The Morgan fingerprint density at radius 3 is 2.18 bits per heavy atom. The van der Waals surface area contributed by atoms with Crippen molar-refractivity contribution in [2.45, 2.75) is 50.6 Å². The van der Waals surface area contributed by atoms with E-state index in [0.29, 0.717) is 12.2 Å². The molecule has 0 N–H and O–H groups in total. The summed E-state index contributed by atoms with van der Waals surface area (Å²) in [5.41, 5.74) is 2.68. The molecule has 3 atom stereocenters. The Morgan fingerprint density at radius 1 is 0.750 bits per heavy atom. The zero-order valence-corrected chi connectivity index (χ0v) is 16.0. The molecule has 28 heavy (non-hydrogen) atoms. The molecule has 1 fully saturated rings. The third-order valence-corrected chi connectivity index (χ3v) is 5.21. The molecule has 5 rings (SSSR count). The van der Waals surface area contributed by atoms with Crippen LogP contribution in [0.1, 0.15) is 65.8 Å². The number of benzene rings is 2. The fourth-order valence-corrected chi connectivity index (χ4v) is 3.68. The number of allylic oxidation sites excluding steroid dienone is 2. The molecule has 0 saturated carbocycles. The van der Waals surface area contributed by atoms with Crippen LogP contribution in [0.15, 0.2) is 66.7 Å². The summed E-state index contributed by atoms with van der Waals surface area (Å²) >= 11 is 0. The van der Waals surface area contributed by atoms with E-state index in [9.17, 15) is 4.79 Å². The lowest BCUT2D eigenvalue weighted by Crippen LogP contribution is -2.09. The van der Waals surface area contributed by atoms with Gasteiger partial charge in [0, 0.05) is 6.42 Å². The molecular formula is C24H26O4. The predicted molar refractivity (Wildman–Crippen MR) is 107 cm³/mol. The van der Waals surface area contributed by atoms with Gasteiger partial charge in [0.1, 0.15) is 12.2 Å². The number of fused-ring (bicyclic) bond motifs is 10. The first-order valence-electron chi connectivity index (χ1n) is 10.1. The van der Waals surface area contributed by atoms with Crippen LogP contribution in [-0.2, 0) is 14.2 Å². The first-order valence-corrected chi connectivity index (χ1v) is 10.1. The van der Waals surface area contributed by atoms with Gasteiger partial charge in [-0.2, -0.15) is 0 Å². The highest BCUT2D eigenvalue weighted by atomic mass is 16.7.